The quantitative estimate of drug-likeness (QED) is 0.659. The van der Waals surface area contributed by atoms with Gasteiger partial charge in [0, 0.05) is 20.2 Å². The first-order valence-corrected chi connectivity index (χ1v) is 4.75. The monoisotopic (exact) mass is 182 g/mol. The lowest BCUT2D eigenvalue weighted by atomic mass is 10.1. The molecule has 1 fully saturated rings. The molecule has 0 aromatic rings. The zero-order chi connectivity index (χ0) is 9.90. The van der Waals surface area contributed by atoms with Crippen molar-refractivity contribution in [2.45, 2.75) is 25.8 Å². The molecule has 13 heavy (non-hydrogen) atoms. The Kier molecular flexibility index (Phi) is 3.29. The predicted octanol–water partition coefficient (Wildman–Crippen LogP) is 1.26. The maximum absolute atomic E-state index is 8.95. The zero-order valence-corrected chi connectivity index (χ0v) is 8.71. The second-order valence-electron chi connectivity index (χ2n) is 4.23. The summed E-state index contributed by atoms with van der Waals surface area (Å²) in [5.41, 5.74) is -0.317. The van der Waals surface area contributed by atoms with Gasteiger partial charge in [0.1, 0.15) is 5.54 Å². The highest BCUT2D eigenvalue weighted by molar-refractivity contribution is 5.03. The van der Waals surface area contributed by atoms with Gasteiger partial charge in [-0.3, -0.25) is 4.90 Å². The summed E-state index contributed by atoms with van der Waals surface area (Å²) in [6, 6.07) is 2.33. The molecule has 0 amide bonds. The molecule has 1 aliphatic heterocycles. The third kappa shape index (κ3) is 2.43. The van der Waals surface area contributed by atoms with E-state index in [9.17, 15) is 0 Å². The summed E-state index contributed by atoms with van der Waals surface area (Å²) in [5.74, 6) is 0.609. The van der Waals surface area contributed by atoms with Crippen LogP contribution in [0.25, 0.3) is 0 Å². The molecule has 1 aliphatic rings. The lowest BCUT2D eigenvalue weighted by Gasteiger charge is -2.28. The first-order valence-electron chi connectivity index (χ1n) is 4.75. The first-order chi connectivity index (χ1) is 6.10. The Morgan fingerprint density at radius 3 is 2.85 bits per heavy atom. The van der Waals surface area contributed by atoms with Crippen LogP contribution in [0, 0.1) is 17.2 Å². The van der Waals surface area contributed by atoms with Gasteiger partial charge in [-0.25, -0.2) is 0 Å². The van der Waals surface area contributed by atoms with Crippen molar-refractivity contribution in [2.75, 3.05) is 26.8 Å². The second-order valence-corrected chi connectivity index (χ2v) is 4.23. The molecule has 0 aliphatic carbocycles. The summed E-state index contributed by atoms with van der Waals surface area (Å²) >= 11 is 0. The highest BCUT2D eigenvalue weighted by Gasteiger charge is 2.33. The van der Waals surface area contributed by atoms with Crippen LogP contribution in [-0.2, 0) is 4.74 Å². The molecule has 1 heterocycles. The molecule has 0 spiro atoms. The number of likely N-dealkylation sites (tertiary alicyclic amines) is 1. The topological polar surface area (TPSA) is 36.3 Å². The van der Waals surface area contributed by atoms with Crippen LogP contribution in [0.5, 0.6) is 0 Å². The van der Waals surface area contributed by atoms with Crippen molar-refractivity contribution in [3.63, 3.8) is 0 Å². The van der Waals surface area contributed by atoms with Gasteiger partial charge in [0.15, 0.2) is 0 Å². The molecule has 1 saturated heterocycles. The number of rotatable bonds is 3. The minimum absolute atomic E-state index is 0.317. The van der Waals surface area contributed by atoms with Gasteiger partial charge < -0.3 is 4.74 Å². The maximum atomic E-state index is 8.95. The molecule has 1 rings (SSSR count). The van der Waals surface area contributed by atoms with Crippen molar-refractivity contribution < 1.29 is 4.74 Å². The van der Waals surface area contributed by atoms with Crippen molar-refractivity contribution in [1.29, 1.82) is 5.26 Å². The van der Waals surface area contributed by atoms with E-state index in [1.54, 1.807) is 7.11 Å². The molecule has 74 valence electrons. The largest absolute Gasteiger partial charge is 0.384 e. The molecule has 0 saturated carbocycles. The minimum Gasteiger partial charge on any atom is -0.384 e. The normalized spacial score (nSPS) is 24.6. The van der Waals surface area contributed by atoms with E-state index in [-0.39, 0.29) is 5.54 Å². The van der Waals surface area contributed by atoms with Crippen LogP contribution in [0.3, 0.4) is 0 Å². The van der Waals surface area contributed by atoms with Gasteiger partial charge in [0.25, 0.3) is 0 Å². The van der Waals surface area contributed by atoms with Crippen LogP contribution >= 0.6 is 0 Å². The standard InChI is InChI=1S/C10H18N2O/c1-10(2,8-11)12-5-4-9(6-12)7-13-3/h9H,4-7H2,1-3H3. The maximum Gasteiger partial charge on any atom is 0.103 e. The van der Waals surface area contributed by atoms with E-state index in [0.717, 1.165) is 26.1 Å². The Hall–Kier alpha value is -0.590. The van der Waals surface area contributed by atoms with E-state index in [1.807, 2.05) is 13.8 Å². The Labute approximate surface area is 80.3 Å². The lowest BCUT2D eigenvalue weighted by molar-refractivity contribution is 0.141. The van der Waals surface area contributed by atoms with Gasteiger partial charge in [-0.15, -0.1) is 0 Å². The summed E-state index contributed by atoms with van der Waals surface area (Å²) in [4.78, 5) is 2.23. The summed E-state index contributed by atoms with van der Waals surface area (Å²) in [6.07, 6.45) is 1.15. The van der Waals surface area contributed by atoms with Gasteiger partial charge in [0.05, 0.1) is 12.7 Å². The molecule has 3 nitrogen and oxygen atoms in total. The summed E-state index contributed by atoms with van der Waals surface area (Å²) in [6.45, 7) is 6.78. The van der Waals surface area contributed by atoms with E-state index in [4.69, 9.17) is 10.00 Å². The van der Waals surface area contributed by atoms with Crippen molar-refractivity contribution >= 4 is 0 Å². The summed E-state index contributed by atoms with van der Waals surface area (Å²) in [5, 5.41) is 8.95. The van der Waals surface area contributed by atoms with Crippen LogP contribution in [-0.4, -0.2) is 37.2 Å². The van der Waals surface area contributed by atoms with Crippen LogP contribution in [0.4, 0.5) is 0 Å². The van der Waals surface area contributed by atoms with E-state index < -0.39 is 0 Å². The van der Waals surface area contributed by atoms with Crippen LogP contribution in [0.1, 0.15) is 20.3 Å². The third-order valence-electron chi connectivity index (χ3n) is 2.75. The fraction of sp³-hybridized carbons (Fsp3) is 0.900. The number of hydrogen-bond donors (Lipinski definition) is 0. The fourth-order valence-electron chi connectivity index (χ4n) is 1.78. The van der Waals surface area contributed by atoms with Gasteiger partial charge in [-0.05, 0) is 26.2 Å². The molecule has 0 aromatic heterocycles. The predicted molar refractivity (Wildman–Crippen MR) is 51.2 cm³/mol. The van der Waals surface area contributed by atoms with E-state index in [0.29, 0.717) is 5.92 Å². The van der Waals surface area contributed by atoms with Gasteiger partial charge in [-0.1, -0.05) is 0 Å². The Morgan fingerprint density at radius 2 is 2.31 bits per heavy atom. The van der Waals surface area contributed by atoms with E-state index in [2.05, 4.69) is 11.0 Å². The molecular formula is C10H18N2O. The number of nitrogens with zero attached hydrogens (tertiary/aromatic N) is 2. The number of methoxy groups -OCH3 is 1. The molecule has 0 radical (unpaired) electrons. The zero-order valence-electron chi connectivity index (χ0n) is 8.71. The van der Waals surface area contributed by atoms with Gasteiger partial charge in [-0.2, -0.15) is 5.26 Å². The number of nitriles is 1. The highest BCUT2D eigenvalue weighted by atomic mass is 16.5. The molecule has 1 unspecified atom stereocenters. The second kappa shape index (κ2) is 4.08. The molecule has 1 atom stereocenters. The van der Waals surface area contributed by atoms with E-state index in [1.165, 1.54) is 0 Å². The Balaban J connectivity index is 2.46. The van der Waals surface area contributed by atoms with Crippen molar-refractivity contribution in [3.05, 3.63) is 0 Å². The van der Waals surface area contributed by atoms with Gasteiger partial charge in [0.2, 0.25) is 0 Å². The number of ether oxygens (including phenoxy) is 1. The SMILES string of the molecule is COCC1CCN(C(C)(C)C#N)C1. The average molecular weight is 182 g/mol. The Bertz CT molecular complexity index is 207. The average Bonchev–Trinajstić information content (AvgIpc) is 2.54. The smallest absolute Gasteiger partial charge is 0.103 e. The van der Waals surface area contributed by atoms with Crippen LogP contribution in [0.2, 0.25) is 0 Å². The fourth-order valence-corrected chi connectivity index (χ4v) is 1.78. The summed E-state index contributed by atoms with van der Waals surface area (Å²) < 4.78 is 5.11. The minimum atomic E-state index is -0.317. The van der Waals surface area contributed by atoms with Gasteiger partial charge >= 0.3 is 0 Å². The highest BCUT2D eigenvalue weighted by Crippen LogP contribution is 2.24. The van der Waals surface area contributed by atoms with Crippen molar-refractivity contribution in [1.82, 2.24) is 4.90 Å². The van der Waals surface area contributed by atoms with Crippen molar-refractivity contribution in [3.8, 4) is 6.07 Å². The Morgan fingerprint density at radius 1 is 1.62 bits per heavy atom. The summed E-state index contributed by atoms with van der Waals surface area (Å²) in [7, 11) is 1.73. The van der Waals surface area contributed by atoms with Crippen molar-refractivity contribution in [2.24, 2.45) is 5.92 Å². The molecule has 3 heteroatoms. The molecule has 0 N–H and O–H groups in total. The number of hydrogen-bond acceptors (Lipinski definition) is 3. The van der Waals surface area contributed by atoms with Crippen LogP contribution in [0.15, 0.2) is 0 Å². The third-order valence-corrected chi connectivity index (χ3v) is 2.75. The first kappa shape index (κ1) is 10.5. The van der Waals surface area contributed by atoms with E-state index >= 15 is 0 Å². The van der Waals surface area contributed by atoms with Crippen LogP contribution < -0.4 is 0 Å². The lowest BCUT2D eigenvalue weighted by Crippen LogP contribution is -2.41. The molecule has 0 aromatic carbocycles. The molecular weight excluding hydrogens is 164 g/mol. The molecule has 0 bridgehead atoms.